The van der Waals surface area contributed by atoms with Gasteiger partial charge in [0.1, 0.15) is 4.88 Å². The molecule has 0 aliphatic carbocycles. The number of amides is 1. The first-order chi connectivity index (χ1) is 7.52. The fraction of sp³-hybridized carbons (Fsp3) is 0.500. The maximum Gasteiger partial charge on any atom is 0.276 e. The molecule has 1 amide bonds. The molecule has 8 heteroatoms. The van der Waals surface area contributed by atoms with E-state index in [-0.39, 0.29) is 19.5 Å². The third-order valence-corrected chi connectivity index (χ3v) is 3.35. The van der Waals surface area contributed by atoms with Crippen molar-refractivity contribution in [1.82, 2.24) is 10.4 Å². The third-order valence-electron chi connectivity index (χ3n) is 2.29. The largest absolute Gasteiger partial charge is 0.342 e. The van der Waals surface area contributed by atoms with Crippen LogP contribution in [0.5, 0.6) is 0 Å². The average molecular weight is 248 g/mol. The van der Waals surface area contributed by atoms with Crippen LogP contribution in [0.25, 0.3) is 0 Å². The maximum absolute atomic E-state index is 12.9. The molecule has 5 nitrogen and oxygen atoms in total. The lowest BCUT2D eigenvalue weighted by Crippen LogP contribution is -2.29. The Morgan fingerprint density at radius 2 is 2.44 bits per heavy atom. The summed E-state index contributed by atoms with van der Waals surface area (Å²) in [6, 6.07) is 0. The summed E-state index contributed by atoms with van der Waals surface area (Å²) in [6.07, 6.45) is 1.16. The Kier molecular flexibility index (Phi) is 2.76. The van der Waals surface area contributed by atoms with Gasteiger partial charge in [0.15, 0.2) is 5.13 Å². The zero-order chi connectivity index (χ0) is 11.8. The van der Waals surface area contributed by atoms with Crippen molar-refractivity contribution < 1.29 is 13.6 Å². The van der Waals surface area contributed by atoms with Gasteiger partial charge in [0.25, 0.3) is 11.8 Å². The standard InChI is InChI=1S/C8H10F2N4OS/c9-8(10)1-2-14(4-8)7-12-3-5(16-7)6(15)13-11/h3H,1-2,4,11H2,(H,13,15). The molecule has 2 rings (SSSR count). The quantitative estimate of drug-likeness (QED) is 0.456. The number of hydrazine groups is 1. The van der Waals surface area contributed by atoms with E-state index in [0.29, 0.717) is 10.0 Å². The number of nitrogens with one attached hydrogen (secondary N) is 1. The SMILES string of the molecule is NNC(=O)c1cnc(N2CCC(F)(F)C2)s1. The van der Waals surface area contributed by atoms with Crippen molar-refractivity contribution in [1.29, 1.82) is 0 Å². The molecule has 0 unspecified atom stereocenters. The summed E-state index contributed by atoms with van der Waals surface area (Å²) < 4.78 is 25.9. The summed E-state index contributed by atoms with van der Waals surface area (Å²) in [5.41, 5.74) is 1.97. The van der Waals surface area contributed by atoms with Crippen molar-refractivity contribution in [3.05, 3.63) is 11.1 Å². The molecule has 0 atom stereocenters. The van der Waals surface area contributed by atoms with Gasteiger partial charge in [-0.1, -0.05) is 11.3 Å². The van der Waals surface area contributed by atoms with Crippen molar-refractivity contribution in [3.8, 4) is 0 Å². The van der Waals surface area contributed by atoms with Gasteiger partial charge < -0.3 is 4.90 Å². The molecular weight excluding hydrogens is 238 g/mol. The minimum Gasteiger partial charge on any atom is -0.342 e. The summed E-state index contributed by atoms with van der Waals surface area (Å²) in [5, 5.41) is 0.427. The Balaban J connectivity index is 2.11. The van der Waals surface area contributed by atoms with E-state index < -0.39 is 11.8 Å². The summed E-state index contributed by atoms with van der Waals surface area (Å²) in [6.45, 7) is -0.0889. The number of anilines is 1. The van der Waals surface area contributed by atoms with Crippen molar-refractivity contribution >= 4 is 22.4 Å². The Bertz CT molecular complexity index is 408. The highest BCUT2D eigenvalue weighted by atomic mass is 32.1. The van der Waals surface area contributed by atoms with Crippen LogP contribution in [0.2, 0.25) is 0 Å². The minimum atomic E-state index is -2.66. The second kappa shape index (κ2) is 3.95. The number of carbonyl (C=O) groups excluding carboxylic acids is 1. The molecule has 0 bridgehead atoms. The Morgan fingerprint density at radius 3 is 3.00 bits per heavy atom. The molecule has 2 heterocycles. The lowest BCUT2D eigenvalue weighted by Gasteiger charge is -2.13. The number of nitrogens with two attached hydrogens (primary N) is 1. The zero-order valence-corrected chi connectivity index (χ0v) is 9.06. The summed E-state index contributed by atoms with van der Waals surface area (Å²) in [7, 11) is 0. The molecule has 1 aliphatic heterocycles. The molecule has 88 valence electrons. The van der Waals surface area contributed by atoms with E-state index in [1.165, 1.54) is 11.1 Å². The molecule has 16 heavy (non-hydrogen) atoms. The van der Waals surface area contributed by atoms with Crippen LogP contribution in [0.15, 0.2) is 6.20 Å². The Labute approximate surface area is 94.2 Å². The van der Waals surface area contributed by atoms with E-state index in [1.807, 2.05) is 5.43 Å². The van der Waals surface area contributed by atoms with E-state index in [9.17, 15) is 13.6 Å². The number of hydrogen-bond acceptors (Lipinski definition) is 5. The number of hydrogen-bond donors (Lipinski definition) is 2. The highest BCUT2D eigenvalue weighted by Crippen LogP contribution is 2.32. The molecular formula is C8H10F2N4OS. The lowest BCUT2D eigenvalue weighted by molar-refractivity contribution is 0.0257. The molecule has 0 saturated carbocycles. The van der Waals surface area contributed by atoms with Crippen molar-refractivity contribution in [3.63, 3.8) is 0 Å². The number of thiazole rings is 1. The Morgan fingerprint density at radius 1 is 1.69 bits per heavy atom. The van der Waals surface area contributed by atoms with Gasteiger partial charge in [0.2, 0.25) is 0 Å². The minimum absolute atomic E-state index is 0.176. The molecule has 3 N–H and O–H groups in total. The third kappa shape index (κ3) is 2.12. The van der Waals surface area contributed by atoms with E-state index in [2.05, 4.69) is 4.98 Å². The molecule has 1 aromatic rings. The lowest BCUT2D eigenvalue weighted by atomic mass is 10.3. The van der Waals surface area contributed by atoms with Gasteiger partial charge in [-0.3, -0.25) is 10.2 Å². The van der Waals surface area contributed by atoms with Gasteiger partial charge in [-0.05, 0) is 0 Å². The topological polar surface area (TPSA) is 71.2 Å². The first kappa shape index (κ1) is 11.2. The molecule has 1 aliphatic rings. The average Bonchev–Trinajstić information content (AvgIpc) is 2.83. The van der Waals surface area contributed by atoms with Crippen LogP contribution >= 0.6 is 11.3 Å². The molecule has 1 aromatic heterocycles. The van der Waals surface area contributed by atoms with Crippen LogP contribution in [0.1, 0.15) is 16.1 Å². The van der Waals surface area contributed by atoms with Gasteiger partial charge in [0, 0.05) is 13.0 Å². The first-order valence-electron chi connectivity index (χ1n) is 4.61. The maximum atomic E-state index is 12.9. The summed E-state index contributed by atoms with van der Waals surface area (Å²) in [5.74, 6) is 1.83. The van der Waals surface area contributed by atoms with Gasteiger partial charge in [-0.15, -0.1) is 0 Å². The number of rotatable bonds is 2. The number of aromatic nitrogens is 1. The molecule has 0 spiro atoms. The van der Waals surface area contributed by atoms with Crippen LogP contribution < -0.4 is 16.2 Å². The zero-order valence-electron chi connectivity index (χ0n) is 8.24. The number of nitrogens with zero attached hydrogens (tertiary/aromatic N) is 2. The number of alkyl halides is 2. The highest BCUT2D eigenvalue weighted by molar-refractivity contribution is 7.17. The normalized spacial score (nSPS) is 18.8. The summed E-state index contributed by atoms with van der Waals surface area (Å²) >= 11 is 1.05. The summed E-state index contributed by atoms with van der Waals surface area (Å²) in [4.78, 5) is 16.8. The van der Waals surface area contributed by atoms with Gasteiger partial charge >= 0.3 is 0 Å². The fourth-order valence-electron chi connectivity index (χ4n) is 1.49. The molecule has 1 saturated heterocycles. The number of nitrogen functional groups attached to an aromatic ring is 1. The van der Waals surface area contributed by atoms with E-state index in [1.54, 1.807) is 0 Å². The predicted molar refractivity (Wildman–Crippen MR) is 55.5 cm³/mol. The van der Waals surface area contributed by atoms with Gasteiger partial charge in [-0.2, -0.15) is 0 Å². The molecule has 1 fully saturated rings. The predicted octanol–water partition coefficient (Wildman–Crippen LogP) is 0.592. The molecule has 0 radical (unpaired) electrons. The molecule has 0 aromatic carbocycles. The monoisotopic (exact) mass is 248 g/mol. The van der Waals surface area contributed by atoms with E-state index >= 15 is 0 Å². The van der Waals surface area contributed by atoms with Crippen molar-refractivity contribution in [2.45, 2.75) is 12.3 Å². The van der Waals surface area contributed by atoms with Gasteiger partial charge in [-0.25, -0.2) is 19.6 Å². The van der Waals surface area contributed by atoms with Crippen LogP contribution in [-0.2, 0) is 0 Å². The fourth-order valence-corrected chi connectivity index (χ4v) is 2.33. The first-order valence-corrected chi connectivity index (χ1v) is 5.43. The van der Waals surface area contributed by atoms with Gasteiger partial charge in [0.05, 0.1) is 12.7 Å². The van der Waals surface area contributed by atoms with E-state index in [0.717, 1.165) is 11.3 Å². The van der Waals surface area contributed by atoms with E-state index in [4.69, 9.17) is 5.84 Å². The van der Waals surface area contributed by atoms with Crippen molar-refractivity contribution in [2.75, 3.05) is 18.0 Å². The second-order valence-corrected chi connectivity index (χ2v) is 4.52. The van der Waals surface area contributed by atoms with Crippen molar-refractivity contribution in [2.24, 2.45) is 5.84 Å². The van der Waals surface area contributed by atoms with Crippen LogP contribution in [0.4, 0.5) is 13.9 Å². The highest BCUT2D eigenvalue weighted by Gasteiger charge is 2.39. The Hall–Kier alpha value is -1.28. The number of carbonyl (C=O) groups is 1. The van der Waals surface area contributed by atoms with Crippen LogP contribution in [0, 0.1) is 0 Å². The smallest absolute Gasteiger partial charge is 0.276 e. The van der Waals surface area contributed by atoms with Crippen LogP contribution in [0.3, 0.4) is 0 Å². The second-order valence-electron chi connectivity index (χ2n) is 3.51. The van der Waals surface area contributed by atoms with Crippen LogP contribution in [-0.4, -0.2) is 29.9 Å². The number of halogens is 2.